The molecule has 4 rings (SSSR count). The van der Waals surface area contributed by atoms with Crippen LogP contribution in [0, 0.1) is 0 Å². The predicted octanol–water partition coefficient (Wildman–Crippen LogP) is 3.15. The Hall–Kier alpha value is -3.22. The lowest BCUT2D eigenvalue weighted by Gasteiger charge is -2.18. The number of rotatable bonds is 0. The van der Waals surface area contributed by atoms with Crippen LogP contribution in [0.25, 0.3) is 11.5 Å². The van der Waals surface area contributed by atoms with Crippen LogP contribution in [-0.4, -0.2) is 31.8 Å². The molecule has 1 amide bonds. The molecule has 1 atom stereocenters. The molecule has 0 radical (unpaired) electrons. The second-order valence-electron chi connectivity index (χ2n) is 6.28. The van der Waals surface area contributed by atoms with E-state index in [0.717, 1.165) is 19.4 Å². The first kappa shape index (κ1) is 16.3. The minimum Gasteiger partial charge on any atom is -0.490 e. The largest absolute Gasteiger partial charge is 0.490 e. The van der Waals surface area contributed by atoms with Gasteiger partial charge in [0.05, 0.1) is 11.7 Å². The van der Waals surface area contributed by atoms with Crippen LogP contribution >= 0.6 is 0 Å². The first-order chi connectivity index (χ1) is 12.7. The van der Waals surface area contributed by atoms with Crippen molar-refractivity contribution in [2.75, 3.05) is 5.32 Å². The number of fused-ring (bicyclic) bond motifs is 5. The van der Waals surface area contributed by atoms with Gasteiger partial charge in [0.25, 0.3) is 5.91 Å². The van der Waals surface area contributed by atoms with Gasteiger partial charge in [0.2, 0.25) is 0 Å². The van der Waals surface area contributed by atoms with E-state index in [1.807, 2.05) is 41.8 Å². The van der Waals surface area contributed by atoms with Crippen LogP contribution in [0.4, 0.5) is 5.82 Å². The maximum atomic E-state index is 12.7. The summed E-state index contributed by atoms with van der Waals surface area (Å²) in [5.41, 5.74) is 1.17. The van der Waals surface area contributed by atoms with Crippen molar-refractivity contribution in [3.05, 3.63) is 54.4 Å². The number of nitrogens with one attached hydrogen (secondary N) is 1. The topological polar surface area (TPSA) is 81.9 Å². The number of amides is 1. The van der Waals surface area contributed by atoms with Crippen molar-refractivity contribution in [3.8, 4) is 17.3 Å². The van der Waals surface area contributed by atoms with Gasteiger partial charge in [0.1, 0.15) is 23.6 Å². The number of para-hydroxylation sites is 1. The number of nitrogens with zero attached hydrogens (tertiary/aromatic N) is 4. The average molecular weight is 349 g/mol. The number of anilines is 1. The molecule has 3 heterocycles. The van der Waals surface area contributed by atoms with Crippen LogP contribution in [-0.2, 0) is 6.54 Å². The quantitative estimate of drug-likeness (QED) is 0.674. The highest BCUT2D eigenvalue weighted by molar-refractivity contribution is 6.05. The van der Waals surface area contributed by atoms with E-state index in [-0.39, 0.29) is 12.0 Å². The normalized spacial score (nSPS) is 17.3. The van der Waals surface area contributed by atoms with Gasteiger partial charge in [-0.2, -0.15) is 0 Å². The Morgan fingerprint density at radius 1 is 1.19 bits per heavy atom. The van der Waals surface area contributed by atoms with Gasteiger partial charge in [0, 0.05) is 6.54 Å². The maximum absolute atomic E-state index is 12.7. The summed E-state index contributed by atoms with van der Waals surface area (Å²) in [5.74, 6) is 1.47. The summed E-state index contributed by atoms with van der Waals surface area (Å²) in [5, 5.41) is 11.0. The molecule has 0 saturated heterocycles. The van der Waals surface area contributed by atoms with Crippen molar-refractivity contribution in [3.63, 3.8) is 0 Å². The van der Waals surface area contributed by atoms with Crippen LogP contribution in [0.15, 0.2) is 48.8 Å². The van der Waals surface area contributed by atoms with E-state index in [4.69, 9.17) is 4.74 Å². The Morgan fingerprint density at radius 3 is 3.00 bits per heavy atom. The van der Waals surface area contributed by atoms with E-state index >= 15 is 0 Å². The fourth-order valence-electron chi connectivity index (χ4n) is 3.01. The number of carbonyl (C=O) groups excluding carboxylic acids is 1. The van der Waals surface area contributed by atoms with E-state index < -0.39 is 0 Å². The van der Waals surface area contributed by atoms with Gasteiger partial charge in [-0.05, 0) is 44.0 Å². The molecule has 1 aromatic carbocycles. The lowest BCUT2D eigenvalue weighted by atomic mass is 10.1. The number of hydrogen-bond acceptors (Lipinski definition) is 5. The standard InChI is InChI=1S/C19H19N5O2/c1-13-6-5-11-24-12-20-23-18(24)15-8-4-10-17(21-15)22-19(25)14-7-2-3-9-16(14)26-13/h2-4,7-10,12-13H,5-6,11H2,1H3,(H,21,22,25)/t13-/m1/s1. The zero-order valence-corrected chi connectivity index (χ0v) is 14.4. The molecule has 2 aromatic heterocycles. The maximum Gasteiger partial charge on any atom is 0.260 e. The summed E-state index contributed by atoms with van der Waals surface area (Å²) >= 11 is 0. The smallest absolute Gasteiger partial charge is 0.260 e. The Labute approximate surface area is 151 Å². The molecule has 0 fully saturated rings. The molecule has 7 heteroatoms. The number of pyridine rings is 1. The molecule has 26 heavy (non-hydrogen) atoms. The Morgan fingerprint density at radius 2 is 2.08 bits per heavy atom. The first-order valence-corrected chi connectivity index (χ1v) is 8.63. The molecular formula is C19H19N5O2. The van der Waals surface area contributed by atoms with E-state index in [0.29, 0.717) is 28.6 Å². The van der Waals surface area contributed by atoms with Crippen molar-refractivity contribution in [1.82, 2.24) is 19.7 Å². The molecule has 2 bridgehead atoms. The van der Waals surface area contributed by atoms with Gasteiger partial charge >= 0.3 is 0 Å². The molecule has 1 aliphatic rings. The van der Waals surface area contributed by atoms with E-state index in [1.54, 1.807) is 18.5 Å². The number of carbonyl (C=O) groups is 1. The van der Waals surface area contributed by atoms with Crippen molar-refractivity contribution in [2.24, 2.45) is 0 Å². The van der Waals surface area contributed by atoms with Crippen molar-refractivity contribution < 1.29 is 9.53 Å². The van der Waals surface area contributed by atoms with Gasteiger partial charge in [-0.3, -0.25) is 4.79 Å². The van der Waals surface area contributed by atoms with E-state index in [2.05, 4.69) is 20.5 Å². The minimum atomic E-state index is -0.254. The third-order valence-electron chi connectivity index (χ3n) is 4.30. The van der Waals surface area contributed by atoms with Gasteiger partial charge in [-0.15, -0.1) is 10.2 Å². The highest BCUT2D eigenvalue weighted by Crippen LogP contribution is 2.23. The van der Waals surface area contributed by atoms with Gasteiger partial charge < -0.3 is 14.6 Å². The molecule has 0 spiro atoms. The fraction of sp³-hybridized carbons (Fsp3) is 0.263. The predicted molar refractivity (Wildman–Crippen MR) is 97.0 cm³/mol. The molecule has 132 valence electrons. The summed E-state index contributed by atoms with van der Waals surface area (Å²) < 4.78 is 7.99. The summed E-state index contributed by atoms with van der Waals surface area (Å²) in [6.45, 7) is 2.79. The number of aromatic nitrogens is 4. The second-order valence-corrected chi connectivity index (χ2v) is 6.28. The molecule has 7 nitrogen and oxygen atoms in total. The highest BCUT2D eigenvalue weighted by atomic mass is 16.5. The van der Waals surface area contributed by atoms with Gasteiger partial charge in [-0.25, -0.2) is 4.98 Å². The van der Waals surface area contributed by atoms with Crippen LogP contribution in [0.3, 0.4) is 0 Å². The highest BCUT2D eigenvalue weighted by Gasteiger charge is 2.17. The average Bonchev–Trinajstić information content (AvgIpc) is 3.10. The lowest BCUT2D eigenvalue weighted by molar-refractivity contribution is 0.101. The number of hydrogen-bond donors (Lipinski definition) is 1. The second kappa shape index (κ2) is 6.95. The monoisotopic (exact) mass is 349 g/mol. The van der Waals surface area contributed by atoms with Crippen LogP contribution in [0.1, 0.15) is 30.1 Å². The molecule has 0 aliphatic carbocycles. The summed E-state index contributed by atoms with van der Waals surface area (Å²) in [7, 11) is 0. The fourth-order valence-corrected chi connectivity index (χ4v) is 3.01. The van der Waals surface area contributed by atoms with Crippen molar-refractivity contribution in [2.45, 2.75) is 32.4 Å². The Kier molecular flexibility index (Phi) is 4.35. The lowest BCUT2D eigenvalue weighted by Crippen LogP contribution is -2.19. The van der Waals surface area contributed by atoms with Crippen molar-refractivity contribution in [1.29, 1.82) is 0 Å². The Bertz CT molecular complexity index is 937. The molecule has 3 aromatic rings. The molecule has 1 N–H and O–H groups in total. The third kappa shape index (κ3) is 3.28. The van der Waals surface area contributed by atoms with Crippen molar-refractivity contribution >= 4 is 11.7 Å². The van der Waals surface area contributed by atoms with E-state index in [1.165, 1.54) is 0 Å². The summed E-state index contributed by atoms with van der Waals surface area (Å²) in [6, 6.07) is 12.7. The third-order valence-corrected chi connectivity index (χ3v) is 4.30. The molecular weight excluding hydrogens is 330 g/mol. The zero-order valence-electron chi connectivity index (χ0n) is 14.4. The van der Waals surface area contributed by atoms with Gasteiger partial charge in [0.15, 0.2) is 5.82 Å². The molecule has 1 aliphatic heterocycles. The molecule has 0 unspecified atom stereocenters. The van der Waals surface area contributed by atoms with Gasteiger partial charge in [-0.1, -0.05) is 18.2 Å². The summed E-state index contributed by atoms with van der Waals surface area (Å²) in [4.78, 5) is 17.2. The van der Waals surface area contributed by atoms with Crippen LogP contribution in [0.5, 0.6) is 5.75 Å². The minimum absolute atomic E-state index is 0.0113. The molecule has 0 saturated carbocycles. The number of aryl methyl sites for hydroxylation is 1. The Balaban J connectivity index is 1.75. The zero-order chi connectivity index (χ0) is 17.9. The van der Waals surface area contributed by atoms with Crippen LogP contribution in [0.2, 0.25) is 0 Å². The SMILES string of the molecule is C[C@@H]1CCCn2cnnc2-c2cccc(n2)NC(=O)c2ccccc2O1. The van der Waals surface area contributed by atoms with E-state index in [9.17, 15) is 4.79 Å². The number of ether oxygens (including phenoxy) is 1. The first-order valence-electron chi connectivity index (χ1n) is 8.63. The summed E-state index contributed by atoms with van der Waals surface area (Å²) in [6.07, 6.45) is 3.44. The number of benzene rings is 1. The van der Waals surface area contributed by atoms with Crippen LogP contribution < -0.4 is 10.1 Å².